The number of rotatable bonds is 9. The van der Waals surface area contributed by atoms with E-state index in [-0.39, 0.29) is 24.8 Å². The van der Waals surface area contributed by atoms with E-state index in [4.69, 9.17) is 9.47 Å². The van der Waals surface area contributed by atoms with Crippen LogP contribution in [0, 0.1) is 6.92 Å². The highest BCUT2D eigenvalue weighted by Crippen LogP contribution is 2.28. The van der Waals surface area contributed by atoms with Crippen LogP contribution in [0.3, 0.4) is 0 Å². The van der Waals surface area contributed by atoms with E-state index in [1.54, 1.807) is 24.3 Å². The minimum atomic E-state index is -0.292. The summed E-state index contributed by atoms with van der Waals surface area (Å²) in [6.45, 7) is 6.07. The van der Waals surface area contributed by atoms with Gasteiger partial charge in [0.1, 0.15) is 6.61 Å². The zero-order valence-corrected chi connectivity index (χ0v) is 17.5. The lowest BCUT2D eigenvalue weighted by molar-refractivity contribution is -0.116. The van der Waals surface area contributed by atoms with Crippen LogP contribution >= 0.6 is 15.9 Å². The van der Waals surface area contributed by atoms with Gasteiger partial charge in [-0.05, 0) is 42.8 Å². The Morgan fingerprint density at radius 3 is 2.68 bits per heavy atom. The molecule has 0 bridgehead atoms. The summed E-state index contributed by atoms with van der Waals surface area (Å²) in [5.41, 5.74) is 2.13. The van der Waals surface area contributed by atoms with Gasteiger partial charge in [0.25, 0.3) is 5.91 Å². The maximum absolute atomic E-state index is 12.3. The number of hydrogen-bond acceptors (Lipinski definition) is 4. The molecular weight excluding hydrogens is 424 g/mol. The molecule has 6 nitrogen and oxygen atoms in total. The molecule has 0 unspecified atom stereocenters. The van der Waals surface area contributed by atoms with Crippen LogP contribution in [0.5, 0.6) is 11.5 Å². The second-order valence-electron chi connectivity index (χ2n) is 5.98. The summed E-state index contributed by atoms with van der Waals surface area (Å²) < 4.78 is 11.6. The van der Waals surface area contributed by atoms with Crippen molar-refractivity contribution >= 4 is 33.4 Å². The second kappa shape index (κ2) is 10.5. The first kappa shape index (κ1) is 21.5. The van der Waals surface area contributed by atoms with Crippen molar-refractivity contribution in [3.05, 3.63) is 64.7 Å². The molecule has 0 heterocycles. The smallest absolute Gasteiger partial charge is 0.251 e. The molecule has 0 aliphatic rings. The van der Waals surface area contributed by atoms with Gasteiger partial charge in [0.15, 0.2) is 11.5 Å². The molecule has 0 atom stereocenters. The number of amides is 2. The Bertz CT molecular complexity index is 867. The van der Waals surface area contributed by atoms with E-state index in [9.17, 15) is 9.59 Å². The Morgan fingerprint density at radius 2 is 1.96 bits per heavy atom. The van der Waals surface area contributed by atoms with Crippen LogP contribution in [-0.4, -0.2) is 32.1 Å². The molecule has 0 saturated heterocycles. The van der Waals surface area contributed by atoms with Crippen molar-refractivity contribution in [3.8, 4) is 11.5 Å². The number of methoxy groups -OCH3 is 1. The first-order valence-corrected chi connectivity index (χ1v) is 9.50. The van der Waals surface area contributed by atoms with Crippen molar-refractivity contribution in [2.24, 2.45) is 0 Å². The molecule has 148 valence electrons. The molecule has 0 aliphatic heterocycles. The van der Waals surface area contributed by atoms with E-state index < -0.39 is 0 Å². The van der Waals surface area contributed by atoms with Crippen LogP contribution in [0.4, 0.5) is 5.69 Å². The van der Waals surface area contributed by atoms with E-state index in [2.05, 4.69) is 33.1 Å². The van der Waals surface area contributed by atoms with E-state index in [1.165, 1.54) is 7.11 Å². The van der Waals surface area contributed by atoms with Crippen LogP contribution in [0.25, 0.3) is 0 Å². The van der Waals surface area contributed by atoms with Crippen molar-refractivity contribution in [1.82, 2.24) is 5.32 Å². The molecule has 7 heteroatoms. The molecule has 2 aromatic carbocycles. The summed E-state index contributed by atoms with van der Waals surface area (Å²) in [6.07, 6.45) is 1.79. The largest absolute Gasteiger partial charge is 0.493 e. The highest BCUT2D eigenvalue weighted by Gasteiger charge is 2.12. The fraction of sp³-hybridized carbons (Fsp3) is 0.238. The number of halogens is 1. The summed E-state index contributed by atoms with van der Waals surface area (Å²) in [7, 11) is 1.51. The van der Waals surface area contributed by atoms with Crippen LogP contribution < -0.4 is 20.1 Å². The molecule has 0 fully saturated rings. The topological polar surface area (TPSA) is 76.7 Å². The molecule has 0 spiro atoms. The van der Waals surface area contributed by atoms with Gasteiger partial charge in [-0.15, -0.1) is 0 Å². The van der Waals surface area contributed by atoms with Crippen LogP contribution in [-0.2, 0) is 4.79 Å². The molecule has 0 radical (unpaired) electrons. The molecule has 0 saturated carbocycles. The quantitative estimate of drug-likeness (QED) is 0.568. The minimum absolute atomic E-state index is 0.162. The van der Waals surface area contributed by atoms with Gasteiger partial charge < -0.3 is 20.1 Å². The van der Waals surface area contributed by atoms with Gasteiger partial charge in [-0.25, -0.2) is 0 Å². The zero-order valence-electron chi connectivity index (χ0n) is 15.9. The number of ether oxygens (including phenoxy) is 2. The molecular formula is C21H23BrN2O4. The van der Waals surface area contributed by atoms with Gasteiger partial charge in [0.05, 0.1) is 7.11 Å². The summed E-state index contributed by atoms with van der Waals surface area (Å²) in [6, 6.07) is 10.6. The Hall–Kier alpha value is -2.80. The van der Waals surface area contributed by atoms with Gasteiger partial charge in [-0.1, -0.05) is 34.7 Å². The fourth-order valence-electron chi connectivity index (χ4n) is 2.41. The predicted molar refractivity (Wildman–Crippen MR) is 113 cm³/mol. The second-order valence-corrected chi connectivity index (χ2v) is 6.89. The lowest BCUT2D eigenvalue weighted by Gasteiger charge is -2.12. The molecule has 0 aromatic heterocycles. The number of anilines is 1. The lowest BCUT2D eigenvalue weighted by atomic mass is 10.2. The Kier molecular flexibility index (Phi) is 8.07. The normalized spacial score (nSPS) is 10.1. The van der Waals surface area contributed by atoms with Crippen LogP contribution in [0.2, 0.25) is 0 Å². The van der Waals surface area contributed by atoms with E-state index >= 15 is 0 Å². The Morgan fingerprint density at radius 1 is 1.18 bits per heavy atom. The average Bonchev–Trinajstić information content (AvgIpc) is 2.68. The summed E-state index contributed by atoms with van der Waals surface area (Å²) in [5, 5.41) is 5.58. The molecule has 2 amide bonds. The van der Waals surface area contributed by atoms with Crippen LogP contribution in [0.1, 0.15) is 22.3 Å². The SMILES string of the molecule is C=CCOc1ccc(C(=O)NCCC(=O)Nc2cc(Br)ccc2C)cc1OC. The number of aryl methyl sites for hydroxylation is 1. The van der Waals surface area contributed by atoms with Crippen molar-refractivity contribution < 1.29 is 19.1 Å². The number of hydrogen-bond donors (Lipinski definition) is 2. The Balaban J connectivity index is 1.88. The standard InChI is InChI=1S/C21H23BrN2O4/c1-4-11-28-18-8-6-15(12-19(18)27-3)21(26)23-10-9-20(25)24-17-13-16(22)7-5-14(17)2/h4-8,12-13H,1,9-11H2,2-3H3,(H,23,26)(H,24,25). The summed E-state index contributed by atoms with van der Waals surface area (Å²) >= 11 is 3.38. The first-order chi connectivity index (χ1) is 13.4. The highest BCUT2D eigenvalue weighted by molar-refractivity contribution is 9.10. The van der Waals surface area contributed by atoms with Crippen LogP contribution in [0.15, 0.2) is 53.5 Å². The maximum Gasteiger partial charge on any atom is 0.251 e. The van der Waals surface area contributed by atoms with Crippen molar-refractivity contribution in [2.75, 3.05) is 25.6 Å². The predicted octanol–water partition coefficient (Wildman–Crippen LogP) is 4.09. The number of carbonyl (C=O) groups is 2. The van der Waals surface area contributed by atoms with Gasteiger partial charge in [0.2, 0.25) is 5.91 Å². The summed E-state index contributed by atoms with van der Waals surface area (Å²) in [4.78, 5) is 24.4. The van der Waals surface area contributed by atoms with Crippen molar-refractivity contribution in [3.63, 3.8) is 0 Å². The molecule has 0 aliphatic carbocycles. The fourth-order valence-corrected chi connectivity index (χ4v) is 2.77. The summed E-state index contributed by atoms with van der Waals surface area (Å²) in [5.74, 6) is 0.521. The first-order valence-electron chi connectivity index (χ1n) is 8.70. The molecule has 28 heavy (non-hydrogen) atoms. The van der Waals surface area contributed by atoms with Crippen molar-refractivity contribution in [1.29, 1.82) is 0 Å². The van der Waals surface area contributed by atoms with Gasteiger partial charge in [-0.3, -0.25) is 9.59 Å². The van der Waals surface area contributed by atoms with Gasteiger partial charge in [0, 0.05) is 28.7 Å². The molecule has 2 aromatic rings. The van der Waals surface area contributed by atoms with Gasteiger partial charge in [-0.2, -0.15) is 0 Å². The third kappa shape index (κ3) is 6.13. The monoisotopic (exact) mass is 446 g/mol. The van der Waals surface area contributed by atoms with E-state index in [0.29, 0.717) is 23.7 Å². The molecule has 2 rings (SSSR count). The molecule has 2 N–H and O–H groups in total. The third-order valence-electron chi connectivity index (χ3n) is 3.89. The highest BCUT2D eigenvalue weighted by atomic mass is 79.9. The minimum Gasteiger partial charge on any atom is -0.493 e. The third-order valence-corrected chi connectivity index (χ3v) is 4.39. The van der Waals surface area contributed by atoms with E-state index in [0.717, 1.165) is 15.7 Å². The lowest BCUT2D eigenvalue weighted by Crippen LogP contribution is -2.27. The number of benzene rings is 2. The average molecular weight is 447 g/mol. The number of carbonyl (C=O) groups excluding carboxylic acids is 2. The maximum atomic E-state index is 12.3. The van der Waals surface area contributed by atoms with E-state index in [1.807, 2.05) is 25.1 Å². The number of nitrogens with one attached hydrogen (secondary N) is 2. The van der Waals surface area contributed by atoms with Gasteiger partial charge >= 0.3 is 0 Å². The van der Waals surface area contributed by atoms with Crippen molar-refractivity contribution in [2.45, 2.75) is 13.3 Å². The zero-order chi connectivity index (χ0) is 20.5. The Labute approximate surface area is 173 Å².